The van der Waals surface area contributed by atoms with E-state index in [1.807, 2.05) is 36.7 Å². The Morgan fingerprint density at radius 3 is 2.91 bits per heavy atom. The van der Waals surface area contributed by atoms with Gasteiger partial charge >= 0.3 is 0 Å². The molecule has 4 nitrogen and oxygen atoms in total. The molecule has 0 unspecified atom stereocenters. The highest BCUT2D eigenvalue weighted by Crippen LogP contribution is 2.38. The van der Waals surface area contributed by atoms with Gasteiger partial charge in [0.15, 0.2) is 0 Å². The standard InChI is InChI=1S/C16H11ClN4S/c17-14-4-3-12-13(21-14)6-11(8-19-12)16-15(20-9-22-16)10-2-1-5-18-7-10/h1-8,20H,9H2. The second-order valence-electron chi connectivity index (χ2n) is 4.81. The van der Waals surface area contributed by atoms with E-state index in [1.165, 1.54) is 0 Å². The smallest absolute Gasteiger partial charge is 0.129 e. The number of halogens is 1. The maximum atomic E-state index is 5.98. The normalized spacial score (nSPS) is 14.4. The number of hydrogen-bond acceptors (Lipinski definition) is 5. The minimum Gasteiger partial charge on any atom is -0.374 e. The van der Waals surface area contributed by atoms with E-state index >= 15 is 0 Å². The number of pyridine rings is 3. The summed E-state index contributed by atoms with van der Waals surface area (Å²) in [6, 6.07) is 9.64. The van der Waals surface area contributed by atoms with E-state index < -0.39 is 0 Å². The van der Waals surface area contributed by atoms with Crippen LogP contribution >= 0.6 is 23.4 Å². The van der Waals surface area contributed by atoms with Gasteiger partial charge < -0.3 is 5.32 Å². The van der Waals surface area contributed by atoms with Crippen LogP contribution in [0.3, 0.4) is 0 Å². The molecule has 6 heteroatoms. The zero-order valence-corrected chi connectivity index (χ0v) is 13.0. The van der Waals surface area contributed by atoms with E-state index in [4.69, 9.17) is 11.6 Å². The third-order valence-corrected chi connectivity index (χ3v) is 4.64. The lowest BCUT2D eigenvalue weighted by Gasteiger charge is -2.07. The summed E-state index contributed by atoms with van der Waals surface area (Å²) < 4.78 is 0. The Kier molecular flexibility index (Phi) is 3.44. The first-order chi connectivity index (χ1) is 10.8. The topological polar surface area (TPSA) is 50.7 Å². The van der Waals surface area contributed by atoms with Gasteiger partial charge in [0.05, 0.1) is 22.6 Å². The van der Waals surface area contributed by atoms with Crippen molar-refractivity contribution in [3.63, 3.8) is 0 Å². The van der Waals surface area contributed by atoms with Crippen LogP contribution in [0, 0.1) is 0 Å². The van der Waals surface area contributed by atoms with E-state index in [9.17, 15) is 0 Å². The molecule has 3 aromatic rings. The van der Waals surface area contributed by atoms with Crippen LogP contribution in [0.5, 0.6) is 0 Å². The van der Waals surface area contributed by atoms with Gasteiger partial charge in [-0.1, -0.05) is 11.6 Å². The summed E-state index contributed by atoms with van der Waals surface area (Å²) in [7, 11) is 0. The Bertz CT molecular complexity index is 880. The number of rotatable bonds is 2. The first-order valence-electron chi connectivity index (χ1n) is 6.75. The van der Waals surface area contributed by atoms with Gasteiger partial charge in [-0.15, -0.1) is 11.8 Å². The van der Waals surface area contributed by atoms with Crippen molar-refractivity contribution in [3.8, 4) is 0 Å². The van der Waals surface area contributed by atoms with Crippen molar-refractivity contribution in [1.29, 1.82) is 0 Å². The molecule has 1 N–H and O–H groups in total. The second kappa shape index (κ2) is 5.59. The molecule has 1 aliphatic heterocycles. The van der Waals surface area contributed by atoms with Crippen LogP contribution in [-0.2, 0) is 0 Å². The van der Waals surface area contributed by atoms with Crippen LogP contribution in [0.15, 0.2) is 48.9 Å². The van der Waals surface area contributed by atoms with Gasteiger partial charge in [-0.25, -0.2) is 4.98 Å². The second-order valence-corrected chi connectivity index (χ2v) is 6.18. The zero-order chi connectivity index (χ0) is 14.9. The van der Waals surface area contributed by atoms with Crippen molar-refractivity contribution in [2.45, 2.75) is 0 Å². The third-order valence-electron chi connectivity index (χ3n) is 3.41. The van der Waals surface area contributed by atoms with Gasteiger partial charge in [-0.2, -0.15) is 0 Å². The van der Waals surface area contributed by atoms with Gasteiger partial charge in [-0.3, -0.25) is 9.97 Å². The van der Waals surface area contributed by atoms with Crippen LogP contribution in [0.2, 0.25) is 5.15 Å². The Morgan fingerprint density at radius 1 is 1.09 bits per heavy atom. The predicted octanol–water partition coefficient (Wildman–Crippen LogP) is 3.80. The van der Waals surface area contributed by atoms with Crippen molar-refractivity contribution in [2.75, 3.05) is 5.88 Å². The highest BCUT2D eigenvalue weighted by molar-refractivity contribution is 8.08. The Hall–Kier alpha value is -2.11. The number of fused-ring (bicyclic) bond motifs is 1. The van der Waals surface area contributed by atoms with Crippen molar-refractivity contribution in [1.82, 2.24) is 20.3 Å². The Morgan fingerprint density at radius 2 is 2.05 bits per heavy atom. The molecule has 0 saturated heterocycles. The van der Waals surface area contributed by atoms with Crippen LogP contribution in [0.25, 0.3) is 21.6 Å². The maximum absolute atomic E-state index is 5.98. The van der Waals surface area contributed by atoms with Crippen molar-refractivity contribution in [2.24, 2.45) is 0 Å². The first-order valence-corrected chi connectivity index (χ1v) is 8.12. The van der Waals surface area contributed by atoms with Gasteiger partial charge in [0.2, 0.25) is 0 Å². The molecule has 0 aliphatic carbocycles. The molecular weight excluding hydrogens is 316 g/mol. The van der Waals surface area contributed by atoms with Crippen LogP contribution < -0.4 is 5.32 Å². The zero-order valence-electron chi connectivity index (χ0n) is 11.5. The molecule has 0 spiro atoms. The van der Waals surface area contributed by atoms with E-state index in [2.05, 4.69) is 20.3 Å². The van der Waals surface area contributed by atoms with Gasteiger partial charge in [0, 0.05) is 34.6 Å². The Balaban J connectivity index is 1.86. The first kappa shape index (κ1) is 13.5. The van der Waals surface area contributed by atoms with Gasteiger partial charge in [0.1, 0.15) is 5.15 Å². The molecule has 0 atom stereocenters. The summed E-state index contributed by atoms with van der Waals surface area (Å²) in [6.07, 6.45) is 5.51. The van der Waals surface area contributed by atoms with Gasteiger partial charge in [0.25, 0.3) is 0 Å². The molecule has 1 aliphatic rings. The van der Waals surface area contributed by atoms with Crippen molar-refractivity contribution < 1.29 is 0 Å². The van der Waals surface area contributed by atoms with E-state index in [1.54, 1.807) is 24.0 Å². The molecule has 0 bridgehead atoms. The molecular formula is C16H11ClN4S. The molecule has 108 valence electrons. The molecule has 3 aromatic heterocycles. The molecule has 4 heterocycles. The summed E-state index contributed by atoms with van der Waals surface area (Å²) in [5.41, 5.74) is 4.84. The lowest BCUT2D eigenvalue weighted by atomic mass is 10.1. The van der Waals surface area contributed by atoms with Crippen LogP contribution in [-0.4, -0.2) is 20.8 Å². The largest absolute Gasteiger partial charge is 0.374 e. The van der Waals surface area contributed by atoms with E-state index in [0.29, 0.717) is 5.15 Å². The average Bonchev–Trinajstić information content (AvgIpc) is 3.04. The van der Waals surface area contributed by atoms with Crippen LogP contribution in [0.1, 0.15) is 11.1 Å². The average molecular weight is 327 g/mol. The summed E-state index contributed by atoms with van der Waals surface area (Å²) in [5, 5.41) is 3.89. The number of nitrogens with zero attached hydrogens (tertiary/aromatic N) is 3. The number of thioether (sulfide) groups is 1. The minimum atomic E-state index is 0.477. The fraction of sp³-hybridized carbons (Fsp3) is 0.0625. The SMILES string of the molecule is Clc1ccc2ncc(C3=C(c4cccnc4)NCS3)cc2n1. The van der Waals surface area contributed by atoms with Gasteiger partial charge in [-0.05, 0) is 30.3 Å². The lowest BCUT2D eigenvalue weighted by molar-refractivity contribution is 1.10. The summed E-state index contributed by atoms with van der Waals surface area (Å²) in [6.45, 7) is 0. The highest BCUT2D eigenvalue weighted by Gasteiger charge is 2.19. The van der Waals surface area contributed by atoms with Crippen molar-refractivity contribution in [3.05, 3.63) is 65.2 Å². The molecule has 22 heavy (non-hydrogen) atoms. The summed E-state index contributed by atoms with van der Waals surface area (Å²) in [4.78, 5) is 14.2. The summed E-state index contributed by atoms with van der Waals surface area (Å²) >= 11 is 7.73. The molecule has 4 rings (SSSR count). The lowest BCUT2D eigenvalue weighted by Crippen LogP contribution is -2.05. The maximum Gasteiger partial charge on any atom is 0.129 e. The predicted molar refractivity (Wildman–Crippen MR) is 91.2 cm³/mol. The molecule has 0 amide bonds. The fourth-order valence-electron chi connectivity index (χ4n) is 2.41. The van der Waals surface area contributed by atoms with Crippen LogP contribution in [0.4, 0.5) is 0 Å². The quantitative estimate of drug-likeness (QED) is 0.726. The third kappa shape index (κ3) is 2.42. The number of hydrogen-bond donors (Lipinski definition) is 1. The summed E-state index contributed by atoms with van der Waals surface area (Å²) in [5.74, 6) is 0.834. The molecule has 0 saturated carbocycles. The number of aromatic nitrogens is 3. The molecule has 0 aromatic carbocycles. The number of nitrogens with one attached hydrogen (secondary N) is 1. The highest BCUT2D eigenvalue weighted by atomic mass is 35.5. The fourth-order valence-corrected chi connectivity index (χ4v) is 3.54. The van der Waals surface area contributed by atoms with Crippen molar-refractivity contribution >= 4 is 45.0 Å². The van der Waals surface area contributed by atoms with E-state index in [-0.39, 0.29) is 0 Å². The van der Waals surface area contributed by atoms with E-state index in [0.717, 1.165) is 38.6 Å². The monoisotopic (exact) mass is 326 g/mol. The minimum absolute atomic E-state index is 0.477. The molecule has 0 radical (unpaired) electrons. The Labute approximate surface area is 136 Å². The molecule has 0 fully saturated rings.